The van der Waals surface area contributed by atoms with Crippen LogP contribution in [0, 0.1) is 0 Å². The minimum Gasteiger partial charge on any atom is -0.493 e. The van der Waals surface area contributed by atoms with Gasteiger partial charge in [-0.25, -0.2) is 9.79 Å². The lowest BCUT2D eigenvalue weighted by Crippen LogP contribution is -2.41. The number of nitrogens with zero attached hydrogens (tertiary/aromatic N) is 2. The molecule has 228 valence electrons. The fraction of sp³-hybridized carbons (Fsp3) is 0.194. The van der Waals surface area contributed by atoms with Crippen molar-refractivity contribution in [3.05, 3.63) is 124 Å². The third-order valence-electron chi connectivity index (χ3n) is 6.59. The number of thiazole rings is 1. The minimum atomic E-state index is -5.02. The number of halogens is 5. The van der Waals surface area contributed by atoms with Gasteiger partial charge < -0.3 is 14.2 Å². The molecule has 0 N–H and O–H groups in total. The fourth-order valence-electron chi connectivity index (χ4n) is 4.64. The number of esters is 1. The summed E-state index contributed by atoms with van der Waals surface area (Å²) in [5.74, 6) is -0.541. The van der Waals surface area contributed by atoms with Crippen LogP contribution in [0.25, 0.3) is 6.08 Å². The maximum absolute atomic E-state index is 14.4. The highest BCUT2D eigenvalue weighted by Crippen LogP contribution is 2.39. The lowest BCUT2D eigenvalue weighted by molar-refractivity contribution is -0.140. The molecule has 1 aliphatic heterocycles. The summed E-state index contributed by atoms with van der Waals surface area (Å²) < 4.78 is 60.8. The molecule has 44 heavy (non-hydrogen) atoms. The number of fused-ring (bicyclic) bond motifs is 1. The fourth-order valence-corrected chi connectivity index (χ4v) is 5.88. The first-order valence-corrected chi connectivity index (χ1v) is 14.7. The molecule has 0 bridgehead atoms. The van der Waals surface area contributed by atoms with Gasteiger partial charge in [0.15, 0.2) is 22.0 Å². The topological polar surface area (TPSA) is 79.1 Å². The van der Waals surface area contributed by atoms with E-state index in [1.807, 2.05) is 0 Å². The van der Waals surface area contributed by atoms with Crippen molar-refractivity contribution < 1.29 is 32.2 Å². The average molecular weight is 664 g/mol. The third-order valence-corrected chi connectivity index (χ3v) is 8.08. The molecule has 0 radical (unpaired) electrons. The lowest BCUT2D eigenvalue weighted by Gasteiger charge is -2.26. The average Bonchev–Trinajstić information content (AvgIpc) is 3.30. The summed E-state index contributed by atoms with van der Waals surface area (Å²) in [5.41, 5.74) is -1.42. The molecule has 0 saturated heterocycles. The zero-order valence-electron chi connectivity index (χ0n) is 23.2. The molecular weight excluding hydrogens is 640 g/mol. The van der Waals surface area contributed by atoms with Crippen molar-refractivity contribution in [2.45, 2.75) is 25.7 Å². The number of alkyl halides is 3. The number of methoxy groups -OCH3 is 1. The van der Waals surface area contributed by atoms with Gasteiger partial charge >= 0.3 is 12.1 Å². The Hall–Kier alpha value is -4.06. The lowest BCUT2D eigenvalue weighted by atomic mass is 9.95. The Balaban J connectivity index is 1.70. The van der Waals surface area contributed by atoms with Gasteiger partial charge in [-0.05, 0) is 54.5 Å². The van der Waals surface area contributed by atoms with Gasteiger partial charge in [0.1, 0.15) is 6.61 Å². The normalized spacial score (nSPS) is 15.1. The molecule has 0 amide bonds. The van der Waals surface area contributed by atoms with Gasteiger partial charge in [-0.2, -0.15) is 13.2 Å². The maximum atomic E-state index is 14.4. The number of rotatable bonds is 8. The SMILES string of the molecule is CCOC(=O)C1=C(C(F)(F)F)N=c2s/c(=C\c3cccc(OC)c3OCc3ccc(Cl)cc3)c(=O)n2[C@H]1c1ccc(Cl)cc1. The molecule has 0 spiro atoms. The van der Waals surface area contributed by atoms with E-state index in [0.717, 1.165) is 21.5 Å². The van der Waals surface area contributed by atoms with Crippen molar-refractivity contribution in [1.29, 1.82) is 0 Å². The molecule has 0 saturated carbocycles. The summed E-state index contributed by atoms with van der Waals surface area (Å²) in [7, 11) is 1.46. The van der Waals surface area contributed by atoms with Crippen LogP contribution in [-0.2, 0) is 16.1 Å². The summed E-state index contributed by atoms with van der Waals surface area (Å²) in [4.78, 5) is 30.5. The van der Waals surface area contributed by atoms with Gasteiger partial charge in [-0.1, -0.05) is 70.9 Å². The van der Waals surface area contributed by atoms with Crippen LogP contribution in [0.15, 0.2) is 87.8 Å². The Kier molecular flexibility index (Phi) is 9.19. The highest BCUT2D eigenvalue weighted by molar-refractivity contribution is 7.07. The van der Waals surface area contributed by atoms with Crippen molar-refractivity contribution in [2.75, 3.05) is 13.7 Å². The van der Waals surface area contributed by atoms with Crippen LogP contribution in [0.1, 0.15) is 29.7 Å². The van der Waals surface area contributed by atoms with E-state index < -0.39 is 35.0 Å². The molecule has 13 heteroatoms. The van der Waals surface area contributed by atoms with Gasteiger partial charge in [-0.15, -0.1) is 0 Å². The van der Waals surface area contributed by atoms with Gasteiger partial charge in [0.2, 0.25) is 0 Å². The molecule has 4 aromatic rings. The van der Waals surface area contributed by atoms with Crippen molar-refractivity contribution in [3.8, 4) is 11.5 Å². The highest BCUT2D eigenvalue weighted by Gasteiger charge is 2.45. The molecule has 5 rings (SSSR count). The van der Waals surface area contributed by atoms with Crippen LogP contribution in [0.5, 0.6) is 11.5 Å². The largest absolute Gasteiger partial charge is 0.493 e. The van der Waals surface area contributed by atoms with Crippen molar-refractivity contribution in [3.63, 3.8) is 0 Å². The second kappa shape index (κ2) is 12.9. The maximum Gasteiger partial charge on any atom is 0.434 e. The number of para-hydroxylation sites is 1. The molecule has 2 heterocycles. The summed E-state index contributed by atoms with van der Waals surface area (Å²) in [6, 6.07) is 16.4. The van der Waals surface area contributed by atoms with Crippen LogP contribution < -0.4 is 24.4 Å². The van der Waals surface area contributed by atoms with Gasteiger partial charge in [0.05, 0.1) is 29.9 Å². The summed E-state index contributed by atoms with van der Waals surface area (Å²) in [6.45, 7) is 1.44. The van der Waals surface area contributed by atoms with Crippen molar-refractivity contribution in [1.82, 2.24) is 4.57 Å². The van der Waals surface area contributed by atoms with E-state index in [1.54, 1.807) is 42.5 Å². The Morgan fingerprint density at radius 2 is 1.70 bits per heavy atom. The van der Waals surface area contributed by atoms with E-state index in [0.29, 0.717) is 27.1 Å². The van der Waals surface area contributed by atoms with Crippen LogP contribution in [-0.4, -0.2) is 30.4 Å². The predicted octanol–water partition coefficient (Wildman–Crippen LogP) is 6.24. The van der Waals surface area contributed by atoms with Crippen molar-refractivity contribution >= 4 is 46.6 Å². The number of aromatic nitrogens is 1. The molecule has 0 fully saturated rings. The number of carbonyl (C=O) groups is 1. The monoisotopic (exact) mass is 662 g/mol. The minimum absolute atomic E-state index is 0.0546. The van der Waals surface area contributed by atoms with E-state index in [9.17, 15) is 22.8 Å². The van der Waals surface area contributed by atoms with E-state index in [4.69, 9.17) is 37.4 Å². The number of hydrogen-bond donors (Lipinski definition) is 0. The smallest absolute Gasteiger partial charge is 0.434 e. The van der Waals surface area contributed by atoms with Crippen molar-refractivity contribution in [2.24, 2.45) is 4.99 Å². The first-order chi connectivity index (χ1) is 21.0. The second-order valence-corrected chi connectivity index (χ2v) is 11.3. The summed E-state index contributed by atoms with van der Waals surface area (Å²) in [6.07, 6.45) is -3.53. The molecule has 0 aliphatic carbocycles. The van der Waals surface area contributed by atoms with Crippen LogP contribution >= 0.6 is 34.5 Å². The Morgan fingerprint density at radius 3 is 2.32 bits per heavy atom. The van der Waals surface area contributed by atoms with Gasteiger partial charge in [0, 0.05) is 15.6 Å². The van der Waals surface area contributed by atoms with Crippen LogP contribution in [0.3, 0.4) is 0 Å². The zero-order chi connectivity index (χ0) is 31.6. The Morgan fingerprint density at radius 1 is 1.05 bits per heavy atom. The molecule has 3 aromatic carbocycles. The predicted molar refractivity (Wildman–Crippen MR) is 161 cm³/mol. The molecule has 1 aromatic heterocycles. The quantitative estimate of drug-likeness (QED) is 0.209. The Bertz CT molecular complexity index is 1920. The van der Waals surface area contributed by atoms with Crippen LogP contribution in [0.4, 0.5) is 13.2 Å². The standard InChI is InChI=1S/C31H23Cl2F3N2O5S/c1-3-42-29(40)24-25(18-9-13-21(33)14-10-18)38-28(39)23(44-30(38)37-27(24)31(34,35)36)15-19-5-4-6-22(41-2)26(19)43-16-17-7-11-20(32)12-8-17/h4-15,25H,3,16H2,1-2H3/b23-15-/t25-/m0/s1. The third kappa shape index (κ3) is 6.40. The molecule has 0 unspecified atom stereocenters. The first-order valence-electron chi connectivity index (χ1n) is 13.1. The molecular formula is C31H23Cl2F3N2O5S. The highest BCUT2D eigenvalue weighted by atomic mass is 35.5. The van der Waals surface area contributed by atoms with Gasteiger partial charge in [0.25, 0.3) is 5.56 Å². The molecule has 7 nitrogen and oxygen atoms in total. The van der Waals surface area contributed by atoms with E-state index in [1.165, 1.54) is 44.4 Å². The zero-order valence-corrected chi connectivity index (χ0v) is 25.5. The van der Waals surface area contributed by atoms with E-state index in [2.05, 4.69) is 4.99 Å². The second-order valence-electron chi connectivity index (χ2n) is 9.41. The summed E-state index contributed by atoms with van der Waals surface area (Å²) in [5, 5.41) is 0.891. The summed E-state index contributed by atoms with van der Waals surface area (Å²) >= 11 is 12.8. The number of benzene rings is 3. The number of hydrogen-bond acceptors (Lipinski definition) is 7. The number of allylic oxidation sites excluding steroid dienone is 1. The number of carbonyl (C=O) groups excluding carboxylic acids is 1. The Labute approximate surface area is 263 Å². The van der Waals surface area contributed by atoms with Crippen LogP contribution in [0.2, 0.25) is 10.0 Å². The molecule has 1 atom stereocenters. The number of ether oxygens (including phenoxy) is 3. The van der Waals surface area contributed by atoms with Gasteiger partial charge in [-0.3, -0.25) is 9.36 Å². The van der Waals surface area contributed by atoms with E-state index in [-0.39, 0.29) is 28.1 Å². The van der Waals surface area contributed by atoms with E-state index >= 15 is 0 Å². The first kappa shape index (κ1) is 31.4. The molecule has 1 aliphatic rings.